The molecule has 0 unspecified atom stereocenters. The number of likely N-dealkylation sites (N-methyl/N-ethyl adjacent to an activating group) is 1. The Kier molecular flexibility index (Phi) is 6.98. The fourth-order valence-corrected chi connectivity index (χ4v) is 4.84. The Morgan fingerprint density at radius 3 is 2.69 bits per heavy atom. The molecule has 3 aromatic rings. The minimum atomic E-state index is -0.549. The van der Waals surface area contributed by atoms with Crippen molar-refractivity contribution < 1.29 is 9.59 Å². The van der Waals surface area contributed by atoms with Crippen molar-refractivity contribution in [3.63, 3.8) is 0 Å². The molecule has 0 bridgehead atoms. The number of hydrogen-bond donors (Lipinski definition) is 0. The molecule has 166 valence electrons. The van der Waals surface area contributed by atoms with Crippen LogP contribution in [0.2, 0.25) is 10.0 Å². The fraction of sp³-hybridized carbons (Fsp3) is 0.261. The Balaban J connectivity index is 1.60. The number of anilines is 1. The lowest BCUT2D eigenvalue weighted by Crippen LogP contribution is -2.60. The van der Waals surface area contributed by atoms with E-state index in [2.05, 4.69) is 4.98 Å². The summed E-state index contributed by atoms with van der Waals surface area (Å²) in [5, 5.41) is 2.87. The van der Waals surface area contributed by atoms with Crippen molar-refractivity contribution in [1.82, 2.24) is 14.8 Å². The van der Waals surface area contributed by atoms with E-state index in [9.17, 15) is 9.59 Å². The number of pyridine rings is 1. The van der Waals surface area contributed by atoms with Gasteiger partial charge in [0, 0.05) is 43.1 Å². The molecule has 2 amide bonds. The second-order valence-electron chi connectivity index (χ2n) is 7.57. The van der Waals surface area contributed by atoms with Crippen molar-refractivity contribution in [3.05, 3.63) is 80.7 Å². The van der Waals surface area contributed by atoms with Gasteiger partial charge in [-0.15, -0.1) is 11.3 Å². The van der Waals surface area contributed by atoms with Gasteiger partial charge in [0.15, 0.2) is 0 Å². The summed E-state index contributed by atoms with van der Waals surface area (Å²) in [6.45, 7) is 1.75. The quantitative estimate of drug-likeness (QED) is 0.532. The molecule has 1 aliphatic heterocycles. The Bertz CT molecular complexity index is 1090. The Morgan fingerprint density at radius 2 is 2.00 bits per heavy atom. The average Bonchev–Trinajstić information content (AvgIpc) is 3.33. The van der Waals surface area contributed by atoms with E-state index in [1.54, 1.807) is 64.8 Å². The zero-order valence-electron chi connectivity index (χ0n) is 17.4. The van der Waals surface area contributed by atoms with E-state index >= 15 is 0 Å². The zero-order valence-corrected chi connectivity index (χ0v) is 19.8. The number of carbonyl (C=O) groups excluding carboxylic acids is 2. The smallest absolute Gasteiger partial charge is 0.255 e. The highest BCUT2D eigenvalue weighted by atomic mass is 35.5. The van der Waals surface area contributed by atoms with Gasteiger partial charge in [-0.25, -0.2) is 0 Å². The van der Waals surface area contributed by atoms with Gasteiger partial charge < -0.3 is 14.7 Å². The van der Waals surface area contributed by atoms with E-state index in [1.807, 2.05) is 28.5 Å². The van der Waals surface area contributed by atoms with Crippen LogP contribution in [0.15, 0.2) is 60.2 Å². The first-order valence-electron chi connectivity index (χ1n) is 10.1. The van der Waals surface area contributed by atoms with Crippen LogP contribution in [0.3, 0.4) is 0 Å². The van der Waals surface area contributed by atoms with Crippen LogP contribution >= 0.6 is 34.5 Å². The molecule has 0 saturated carbocycles. The third-order valence-corrected chi connectivity index (χ3v) is 7.05. The van der Waals surface area contributed by atoms with Gasteiger partial charge in [-0.3, -0.25) is 14.6 Å². The summed E-state index contributed by atoms with van der Waals surface area (Å²) in [5.41, 5.74) is 1.31. The second-order valence-corrected chi connectivity index (χ2v) is 9.42. The Hall–Kier alpha value is -2.61. The molecule has 1 atom stereocenters. The van der Waals surface area contributed by atoms with Gasteiger partial charge in [0.2, 0.25) is 5.91 Å². The van der Waals surface area contributed by atoms with Crippen LogP contribution in [-0.2, 0) is 11.3 Å². The van der Waals surface area contributed by atoms with Crippen LogP contribution < -0.4 is 4.90 Å². The third kappa shape index (κ3) is 4.90. The molecule has 2 aromatic heterocycles. The first kappa shape index (κ1) is 22.6. The molecule has 4 rings (SSSR count). The number of hydrogen-bond acceptors (Lipinski definition) is 5. The number of benzene rings is 1. The van der Waals surface area contributed by atoms with Crippen molar-refractivity contribution >= 4 is 52.0 Å². The van der Waals surface area contributed by atoms with Crippen molar-refractivity contribution in [3.8, 4) is 0 Å². The standard InChI is InChI=1S/C23H22Cl2N4O2S/c1-27(14-18-5-3-11-32-18)23(31)21-15-28(22(30)16-4-2-8-26-13-16)9-10-29(21)17-6-7-19(24)20(25)12-17/h2-8,11-13,21H,9-10,14-15H2,1H3/t21-/m0/s1. The molecule has 1 aliphatic rings. The molecule has 32 heavy (non-hydrogen) atoms. The van der Waals surface area contributed by atoms with Gasteiger partial charge in [0.25, 0.3) is 5.91 Å². The SMILES string of the molecule is CN(Cc1cccs1)C(=O)[C@@H]1CN(C(=O)c2cccnc2)CCN1c1ccc(Cl)c(Cl)c1. The molecule has 1 aromatic carbocycles. The van der Waals surface area contributed by atoms with Crippen molar-refractivity contribution in [2.75, 3.05) is 31.6 Å². The predicted molar refractivity (Wildman–Crippen MR) is 129 cm³/mol. The fourth-order valence-electron chi connectivity index (χ4n) is 3.79. The van der Waals surface area contributed by atoms with Gasteiger partial charge in [-0.05, 0) is 41.8 Å². The minimum Gasteiger partial charge on any atom is -0.356 e. The molecule has 0 N–H and O–H groups in total. The lowest BCUT2D eigenvalue weighted by atomic mass is 10.1. The molecule has 0 aliphatic carbocycles. The van der Waals surface area contributed by atoms with Crippen molar-refractivity contribution in [1.29, 1.82) is 0 Å². The van der Waals surface area contributed by atoms with E-state index in [-0.39, 0.29) is 18.4 Å². The molecule has 0 spiro atoms. The molecule has 6 nitrogen and oxygen atoms in total. The summed E-state index contributed by atoms with van der Waals surface area (Å²) in [6.07, 6.45) is 3.18. The summed E-state index contributed by atoms with van der Waals surface area (Å²) in [5.74, 6) is -0.196. The van der Waals surface area contributed by atoms with Gasteiger partial charge in [-0.2, -0.15) is 0 Å². The largest absolute Gasteiger partial charge is 0.356 e. The summed E-state index contributed by atoms with van der Waals surface area (Å²) < 4.78 is 0. The van der Waals surface area contributed by atoms with Crippen molar-refractivity contribution in [2.24, 2.45) is 0 Å². The number of halogens is 2. The molecule has 1 saturated heterocycles. The van der Waals surface area contributed by atoms with E-state index in [1.165, 1.54) is 0 Å². The monoisotopic (exact) mass is 488 g/mol. The maximum Gasteiger partial charge on any atom is 0.255 e. The minimum absolute atomic E-state index is 0.0619. The number of rotatable bonds is 5. The maximum absolute atomic E-state index is 13.5. The summed E-state index contributed by atoms with van der Waals surface area (Å²) in [4.78, 5) is 37.2. The Morgan fingerprint density at radius 1 is 1.16 bits per heavy atom. The lowest BCUT2D eigenvalue weighted by molar-refractivity contribution is -0.132. The van der Waals surface area contributed by atoms with Gasteiger partial charge in [0.1, 0.15) is 6.04 Å². The summed E-state index contributed by atoms with van der Waals surface area (Å²) >= 11 is 14.0. The number of piperazine rings is 1. The number of aromatic nitrogens is 1. The number of carbonyl (C=O) groups is 2. The summed E-state index contributed by atoms with van der Waals surface area (Å²) in [7, 11) is 1.79. The van der Waals surface area contributed by atoms with Gasteiger partial charge in [0.05, 0.1) is 28.7 Å². The van der Waals surface area contributed by atoms with E-state index in [0.29, 0.717) is 35.2 Å². The second kappa shape index (κ2) is 9.90. The van der Waals surface area contributed by atoms with Crippen molar-refractivity contribution in [2.45, 2.75) is 12.6 Å². The highest BCUT2D eigenvalue weighted by molar-refractivity contribution is 7.09. The Labute approximate surface area is 201 Å². The van der Waals surface area contributed by atoms with Crippen LogP contribution in [0.1, 0.15) is 15.2 Å². The van der Waals surface area contributed by atoms with Gasteiger partial charge >= 0.3 is 0 Å². The highest BCUT2D eigenvalue weighted by Crippen LogP contribution is 2.30. The topological polar surface area (TPSA) is 56.8 Å². The van der Waals surface area contributed by atoms with Crippen LogP contribution in [-0.4, -0.2) is 59.3 Å². The molecule has 9 heteroatoms. The van der Waals surface area contributed by atoms with Crippen LogP contribution in [0.4, 0.5) is 5.69 Å². The third-order valence-electron chi connectivity index (χ3n) is 5.45. The first-order chi connectivity index (χ1) is 15.4. The maximum atomic E-state index is 13.5. The van der Waals surface area contributed by atoms with Crippen LogP contribution in [0.5, 0.6) is 0 Å². The molecule has 3 heterocycles. The molecule has 0 radical (unpaired) electrons. The van der Waals surface area contributed by atoms with E-state index in [0.717, 1.165) is 10.6 Å². The molecule has 1 fully saturated rings. The molecular formula is C23H22Cl2N4O2S. The average molecular weight is 489 g/mol. The number of nitrogens with zero attached hydrogens (tertiary/aromatic N) is 4. The van der Waals surface area contributed by atoms with Crippen LogP contribution in [0.25, 0.3) is 0 Å². The lowest BCUT2D eigenvalue weighted by Gasteiger charge is -2.43. The van der Waals surface area contributed by atoms with E-state index in [4.69, 9.17) is 23.2 Å². The number of thiophene rings is 1. The molecular weight excluding hydrogens is 467 g/mol. The van der Waals surface area contributed by atoms with E-state index < -0.39 is 6.04 Å². The number of amides is 2. The highest BCUT2D eigenvalue weighted by Gasteiger charge is 2.36. The zero-order chi connectivity index (χ0) is 22.7. The first-order valence-corrected chi connectivity index (χ1v) is 11.8. The predicted octanol–water partition coefficient (Wildman–Crippen LogP) is 4.44. The van der Waals surface area contributed by atoms with Gasteiger partial charge in [-0.1, -0.05) is 29.3 Å². The normalized spacial score (nSPS) is 16.2. The van der Waals surface area contributed by atoms with Crippen LogP contribution in [0, 0.1) is 0 Å². The summed E-state index contributed by atoms with van der Waals surface area (Å²) in [6, 6.07) is 12.2.